The van der Waals surface area contributed by atoms with Gasteiger partial charge < -0.3 is 9.72 Å². The largest absolute Gasteiger partial charge is 0.473 e. The maximum Gasteiger partial charge on any atom is 0.232 e. The summed E-state index contributed by atoms with van der Waals surface area (Å²) >= 11 is 0. The summed E-state index contributed by atoms with van der Waals surface area (Å²) in [6.07, 6.45) is 11.7. The van der Waals surface area contributed by atoms with E-state index >= 15 is 0 Å². The van der Waals surface area contributed by atoms with Crippen molar-refractivity contribution in [1.82, 2.24) is 34.5 Å². The summed E-state index contributed by atoms with van der Waals surface area (Å²) in [6.45, 7) is 2.22. The number of aromatic nitrogens is 7. The van der Waals surface area contributed by atoms with Crippen LogP contribution in [-0.2, 0) is 0 Å². The highest BCUT2D eigenvalue weighted by molar-refractivity contribution is 5.74. The lowest BCUT2D eigenvalue weighted by atomic mass is 9.93. The summed E-state index contributed by atoms with van der Waals surface area (Å²) in [5, 5.41) is 8.87. The Morgan fingerprint density at radius 1 is 1.19 bits per heavy atom. The van der Waals surface area contributed by atoms with E-state index < -0.39 is 0 Å². The molecule has 5 rings (SSSR count). The highest BCUT2D eigenvalue weighted by atomic mass is 16.5. The first kappa shape index (κ1) is 15.2. The fourth-order valence-corrected chi connectivity index (χ4v) is 4.09. The van der Waals surface area contributed by atoms with Gasteiger partial charge in [0.1, 0.15) is 11.9 Å². The van der Waals surface area contributed by atoms with E-state index in [1.165, 1.54) is 0 Å². The summed E-state index contributed by atoms with van der Waals surface area (Å²) < 4.78 is 8.19. The van der Waals surface area contributed by atoms with E-state index in [9.17, 15) is 0 Å². The van der Waals surface area contributed by atoms with Crippen molar-refractivity contribution < 1.29 is 4.74 Å². The molecule has 132 valence electrons. The quantitative estimate of drug-likeness (QED) is 0.609. The Labute approximate surface area is 149 Å². The van der Waals surface area contributed by atoms with Crippen LogP contribution in [0.15, 0.2) is 37.1 Å². The van der Waals surface area contributed by atoms with Gasteiger partial charge in [-0.1, -0.05) is 13.3 Å². The second-order valence-corrected chi connectivity index (χ2v) is 6.75. The van der Waals surface area contributed by atoms with Crippen molar-refractivity contribution in [3.8, 4) is 5.88 Å². The molecule has 4 heterocycles. The number of hydrogen-bond donors (Lipinski definition) is 1. The fraction of sp³-hybridized carbons (Fsp3) is 0.389. The van der Waals surface area contributed by atoms with E-state index in [1.807, 2.05) is 12.3 Å². The summed E-state index contributed by atoms with van der Waals surface area (Å²) in [6, 6.07) is 2.02. The van der Waals surface area contributed by atoms with Crippen LogP contribution in [-0.4, -0.2) is 40.6 Å². The highest BCUT2D eigenvalue weighted by Crippen LogP contribution is 2.42. The van der Waals surface area contributed by atoms with Crippen LogP contribution in [0, 0.1) is 5.92 Å². The second-order valence-electron chi connectivity index (χ2n) is 6.75. The average molecular weight is 349 g/mol. The Morgan fingerprint density at radius 3 is 3.00 bits per heavy atom. The minimum atomic E-state index is 0.109. The molecular weight excluding hydrogens is 330 g/mol. The third-order valence-corrected chi connectivity index (χ3v) is 5.30. The summed E-state index contributed by atoms with van der Waals surface area (Å²) in [5.74, 6) is 2.35. The maximum absolute atomic E-state index is 6.07. The molecule has 0 aliphatic heterocycles. The van der Waals surface area contributed by atoms with Crippen LogP contribution in [0.5, 0.6) is 5.88 Å². The maximum atomic E-state index is 6.07. The second kappa shape index (κ2) is 6.05. The fourth-order valence-electron chi connectivity index (χ4n) is 4.09. The van der Waals surface area contributed by atoms with Crippen molar-refractivity contribution >= 4 is 16.8 Å². The monoisotopic (exact) mass is 349 g/mol. The molecule has 0 aromatic carbocycles. The van der Waals surface area contributed by atoms with Crippen LogP contribution in [0.25, 0.3) is 16.8 Å². The minimum absolute atomic E-state index is 0.109. The zero-order valence-corrected chi connectivity index (χ0v) is 14.4. The van der Waals surface area contributed by atoms with Crippen molar-refractivity contribution in [1.29, 1.82) is 0 Å². The number of rotatable bonds is 4. The molecule has 0 radical (unpaired) electrons. The average Bonchev–Trinajstić information content (AvgIpc) is 3.39. The molecule has 0 bridgehead atoms. The van der Waals surface area contributed by atoms with Crippen LogP contribution >= 0.6 is 0 Å². The molecule has 3 atom stereocenters. The van der Waals surface area contributed by atoms with Gasteiger partial charge in [-0.05, 0) is 24.8 Å². The van der Waals surface area contributed by atoms with E-state index in [4.69, 9.17) is 4.74 Å². The summed E-state index contributed by atoms with van der Waals surface area (Å²) in [5.41, 5.74) is 2.63. The first-order valence-electron chi connectivity index (χ1n) is 8.93. The van der Waals surface area contributed by atoms with E-state index in [1.54, 1.807) is 24.8 Å². The molecule has 4 aromatic heterocycles. The van der Waals surface area contributed by atoms with Gasteiger partial charge in [-0.15, -0.1) is 10.2 Å². The van der Waals surface area contributed by atoms with Crippen molar-refractivity contribution in [3.05, 3.63) is 42.9 Å². The molecule has 8 heteroatoms. The first-order chi connectivity index (χ1) is 12.8. The number of ether oxygens (including phenoxy) is 1. The molecule has 1 N–H and O–H groups in total. The standard InChI is InChI=1S/C18H19N7O/c1-2-11-7-12(26-16-10-19-5-6-20-16)8-13(11)18-24-23-15-9-22-17-14(25(15)18)3-4-21-17/h3-6,9-13,21H,2,7-8H2,1H3/t11-,12-,13+/m0/s1. The molecule has 1 aliphatic carbocycles. The van der Waals surface area contributed by atoms with Gasteiger partial charge in [-0.25, -0.2) is 9.97 Å². The van der Waals surface area contributed by atoms with Gasteiger partial charge in [0.2, 0.25) is 5.88 Å². The smallest absolute Gasteiger partial charge is 0.232 e. The van der Waals surface area contributed by atoms with Crippen molar-refractivity contribution in [2.75, 3.05) is 0 Å². The normalized spacial score (nSPS) is 23.0. The van der Waals surface area contributed by atoms with E-state index in [2.05, 4.69) is 41.5 Å². The lowest BCUT2D eigenvalue weighted by Gasteiger charge is -2.15. The minimum Gasteiger partial charge on any atom is -0.473 e. The Kier molecular flexibility index (Phi) is 3.55. The van der Waals surface area contributed by atoms with E-state index in [-0.39, 0.29) is 12.0 Å². The Morgan fingerprint density at radius 2 is 2.15 bits per heavy atom. The topological polar surface area (TPSA) is 93.9 Å². The van der Waals surface area contributed by atoms with E-state index in [0.717, 1.165) is 41.9 Å². The van der Waals surface area contributed by atoms with Gasteiger partial charge in [-0.3, -0.25) is 9.38 Å². The van der Waals surface area contributed by atoms with Crippen LogP contribution in [0.2, 0.25) is 0 Å². The predicted molar refractivity (Wildman–Crippen MR) is 94.8 cm³/mol. The van der Waals surface area contributed by atoms with Gasteiger partial charge in [0, 0.05) is 24.5 Å². The van der Waals surface area contributed by atoms with Gasteiger partial charge in [0.15, 0.2) is 11.3 Å². The summed E-state index contributed by atoms with van der Waals surface area (Å²) in [7, 11) is 0. The molecule has 0 saturated heterocycles. The van der Waals surface area contributed by atoms with Gasteiger partial charge >= 0.3 is 0 Å². The number of nitrogens with one attached hydrogen (secondary N) is 1. The molecule has 1 aliphatic rings. The van der Waals surface area contributed by atoms with Crippen molar-refractivity contribution in [2.24, 2.45) is 5.92 Å². The molecule has 1 fully saturated rings. The van der Waals surface area contributed by atoms with Crippen molar-refractivity contribution in [3.63, 3.8) is 0 Å². The number of fused-ring (bicyclic) bond motifs is 3. The lowest BCUT2D eigenvalue weighted by Crippen LogP contribution is -2.13. The SMILES string of the molecule is CC[C@H]1C[C@H](Oc2cnccn2)C[C@H]1c1nnc2cnc3[nH]ccc3n12. The van der Waals surface area contributed by atoms with Crippen LogP contribution in [0.1, 0.15) is 37.9 Å². The third kappa shape index (κ3) is 2.40. The predicted octanol–water partition coefficient (Wildman–Crippen LogP) is 2.75. The lowest BCUT2D eigenvalue weighted by molar-refractivity contribution is 0.194. The molecule has 1 saturated carbocycles. The van der Waals surface area contributed by atoms with Crippen LogP contribution in [0.4, 0.5) is 0 Å². The zero-order valence-electron chi connectivity index (χ0n) is 14.4. The molecular formula is C18H19N7O. The number of aromatic amines is 1. The molecule has 8 nitrogen and oxygen atoms in total. The summed E-state index contributed by atoms with van der Waals surface area (Å²) in [4.78, 5) is 15.9. The highest BCUT2D eigenvalue weighted by Gasteiger charge is 2.38. The number of nitrogens with zero attached hydrogens (tertiary/aromatic N) is 6. The Hall–Kier alpha value is -3.03. The van der Waals surface area contributed by atoms with Gasteiger partial charge in [-0.2, -0.15) is 0 Å². The molecule has 0 amide bonds. The molecule has 4 aromatic rings. The van der Waals surface area contributed by atoms with Gasteiger partial charge in [0.05, 0.1) is 17.9 Å². The van der Waals surface area contributed by atoms with E-state index in [0.29, 0.717) is 11.8 Å². The first-order valence-corrected chi connectivity index (χ1v) is 8.93. The number of hydrogen-bond acceptors (Lipinski definition) is 6. The number of H-pyrrole nitrogens is 1. The Balaban J connectivity index is 1.51. The molecule has 0 spiro atoms. The zero-order chi connectivity index (χ0) is 17.5. The third-order valence-electron chi connectivity index (χ3n) is 5.30. The Bertz CT molecular complexity index is 1040. The van der Waals surface area contributed by atoms with Gasteiger partial charge in [0.25, 0.3) is 0 Å². The molecule has 0 unspecified atom stereocenters. The van der Waals surface area contributed by atoms with Crippen LogP contribution in [0.3, 0.4) is 0 Å². The van der Waals surface area contributed by atoms with Crippen molar-refractivity contribution in [2.45, 2.75) is 38.2 Å². The van der Waals surface area contributed by atoms with Crippen LogP contribution < -0.4 is 4.74 Å². The molecule has 26 heavy (non-hydrogen) atoms.